The van der Waals surface area contributed by atoms with Crippen molar-refractivity contribution in [3.63, 3.8) is 0 Å². The Morgan fingerprint density at radius 1 is 1.31 bits per heavy atom. The summed E-state index contributed by atoms with van der Waals surface area (Å²) in [7, 11) is 0. The molecule has 0 unspecified atom stereocenters. The zero-order valence-corrected chi connectivity index (χ0v) is 9.86. The Kier molecular flexibility index (Phi) is 3.80. The molecule has 2 rings (SSSR count). The largest absolute Gasteiger partial charge is 0.488 e. The van der Waals surface area contributed by atoms with Crippen molar-refractivity contribution in [2.75, 3.05) is 19.8 Å². The fraction of sp³-hybridized carbons (Fsp3) is 0.538. The normalized spacial score (nSPS) is 16.6. The molecule has 1 aromatic carbocycles. The third kappa shape index (κ3) is 2.74. The SMILES string of the molecule is CCc1cc(C)ccc1OCC1OCCO1. The van der Waals surface area contributed by atoms with E-state index in [4.69, 9.17) is 14.2 Å². The highest BCUT2D eigenvalue weighted by atomic mass is 16.7. The van der Waals surface area contributed by atoms with Crippen molar-refractivity contribution in [2.45, 2.75) is 26.6 Å². The van der Waals surface area contributed by atoms with Gasteiger partial charge >= 0.3 is 0 Å². The van der Waals surface area contributed by atoms with Crippen LogP contribution in [0.4, 0.5) is 0 Å². The van der Waals surface area contributed by atoms with Crippen molar-refractivity contribution < 1.29 is 14.2 Å². The quantitative estimate of drug-likeness (QED) is 0.782. The molecule has 0 aromatic heterocycles. The second-order valence-corrected chi connectivity index (χ2v) is 3.95. The second-order valence-electron chi connectivity index (χ2n) is 3.95. The lowest BCUT2D eigenvalue weighted by Gasteiger charge is -2.14. The maximum atomic E-state index is 5.72. The standard InChI is InChI=1S/C13H18O3/c1-3-11-8-10(2)4-5-12(11)16-9-13-14-6-7-15-13/h4-5,8,13H,3,6-7,9H2,1-2H3. The molecule has 0 spiro atoms. The molecule has 0 aliphatic carbocycles. The monoisotopic (exact) mass is 222 g/mol. The van der Waals surface area contributed by atoms with Crippen LogP contribution >= 0.6 is 0 Å². The van der Waals surface area contributed by atoms with Crippen molar-refractivity contribution in [3.8, 4) is 5.75 Å². The zero-order valence-electron chi connectivity index (χ0n) is 9.86. The first-order chi connectivity index (χ1) is 7.79. The van der Waals surface area contributed by atoms with Crippen LogP contribution in [0.15, 0.2) is 18.2 Å². The molecule has 16 heavy (non-hydrogen) atoms. The summed E-state index contributed by atoms with van der Waals surface area (Å²) < 4.78 is 16.4. The second kappa shape index (κ2) is 5.32. The smallest absolute Gasteiger partial charge is 0.191 e. The average Bonchev–Trinajstić information content (AvgIpc) is 2.80. The summed E-state index contributed by atoms with van der Waals surface area (Å²) in [6.45, 7) is 6.03. The van der Waals surface area contributed by atoms with Crippen LogP contribution in [0.2, 0.25) is 0 Å². The molecule has 0 N–H and O–H groups in total. The van der Waals surface area contributed by atoms with Crippen molar-refractivity contribution in [2.24, 2.45) is 0 Å². The van der Waals surface area contributed by atoms with Gasteiger partial charge in [-0.25, -0.2) is 0 Å². The van der Waals surface area contributed by atoms with Crippen LogP contribution in [0.25, 0.3) is 0 Å². The number of benzene rings is 1. The molecule has 1 fully saturated rings. The van der Waals surface area contributed by atoms with E-state index in [1.54, 1.807) is 0 Å². The lowest BCUT2D eigenvalue weighted by Crippen LogP contribution is -2.18. The zero-order chi connectivity index (χ0) is 11.4. The van der Waals surface area contributed by atoms with Crippen LogP contribution in [-0.4, -0.2) is 26.1 Å². The topological polar surface area (TPSA) is 27.7 Å². The molecule has 1 aliphatic rings. The van der Waals surface area contributed by atoms with Gasteiger partial charge in [0, 0.05) is 0 Å². The van der Waals surface area contributed by atoms with Gasteiger partial charge in [-0.3, -0.25) is 0 Å². The first-order valence-electron chi connectivity index (χ1n) is 5.75. The molecule has 1 aliphatic heterocycles. The van der Waals surface area contributed by atoms with Gasteiger partial charge in [-0.2, -0.15) is 0 Å². The Morgan fingerprint density at radius 2 is 2.06 bits per heavy atom. The minimum Gasteiger partial charge on any atom is -0.488 e. The average molecular weight is 222 g/mol. The fourth-order valence-corrected chi connectivity index (χ4v) is 1.79. The fourth-order valence-electron chi connectivity index (χ4n) is 1.79. The van der Waals surface area contributed by atoms with E-state index in [-0.39, 0.29) is 6.29 Å². The summed E-state index contributed by atoms with van der Waals surface area (Å²) in [4.78, 5) is 0. The van der Waals surface area contributed by atoms with Crippen molar-refractivity contribution in [1.82, 2.24) is 0 Å². The summed E-state index contributed by atoms with van der Waals surface area (Å²) in [6.07, 6.45) is 0.773. The van der Waals surface area contributed by atoms with Gasteiger partial charge in [0.1, 0.15) is 12.4 Å². The summed E-state index contributed by atoms with van der Waals surface area (Å²) in [5.41, 5.74) is 2.50. The van der Waals surface area contributed by atoms with Gasteiger partial charge < -0.3 is 14.2 Å². The number of hydrogen-bond acceptors (Lipinski definition) is 3. The third-order valence-corrected chi connectivity index (χ3v) is 2.66. The molecule has 3 heteroatoms. The highest BCUT2D eigenvalue weighted by Crippen LogP contribution is 2.21. The van der Waals surface area contributed by atoms with Crippen molar-refractivity contribution in [3.05, 3.63) is 29.3 Å². The van der Waals surface area contributed by atoms with Gasteiger partial charge in [-0.1, -0.05) is 24.6 Å². The van der Waals surface area contributed by atoms with Crippen LogP contribution in [0.5, 0.6) is 5.75 Å². The first kappa shape index (κ1) is 11.4. The molecular weight excluding hydrogens is 204 g/mol. The number of aryl methyl sites for hydroxylation is 2. The summed E-state index contributed by atoms with van der Waals surface area (Å²) in [5.74, 6) is 0.937. The molecule has 1 saturated heterocycles. The minimum absolute atomic E-state index is 0.203. The Balaban J connectivity index is 1.97. The lowest BCUT2D eigenvalue weighted by atomic mass is 10.1. The molecule has 3 nitrogen and oxygen atoms in total. The van der Waals surface area contributed by atoms with E-state index < -0.39 is 0 Å². The Labute approximate surface area is 96.3 Å². The van der Waals surface area contributed by atoms with Crippen LogP contribution < -0.4 is 4.74 Å². The van der Waals surface area contributed by atoms with Gasteiger partial charge in [0.2, 0.25) is 0 Å². The predicted octanol–water partition coefficient (Wildman–Crippen LogP) is 2.31. The molecule has 0 atom stereocenters. The maximum absolute atomic E-state index is 5.72. The van der Waals surface area contributed by atoms with E-state index in [1.807, 2.05) is 6.07 Å². The van der Waals surface area contributed by atoms with Gasteiger partial charge in [-0.15, -0.1) is 0 Å². The highest BCUT2D eigenvalue weighted by Gasteiger charge is 2.16. The summed E-state index contributed by atoms with van der Waals surface area (Å²) >= 11 is 0. The Morgan fingerprint density at radius 3 is 2.75 bits per heavy atom. The van der Waals surface area contributed by atoms with Crippen LogP contribution in [0, 0.1) is 6.92 Å². The molecule has 0 amide bonds. The molecule has 0 radical (unpaired) electrons. The summed E-state index contributed by atoms with van der Waals surface area (Å²) in [5, 5.41) is 0. The lowest BCUT2D eigenvalue weighted by molar-refractivity contribution is -0.0685. The minimum atomic E-state index is -0.203. The highest BCUT2D eigenvalue weighted by molar-refractivity contribution is 5.36. The maximum Gasteiger partial charge on any atom is 0.191 e. The van der Waals surface area contributed by atoms with Crippen molar-refractivity contribution >= 4 is 0 Å². The third-order valence-electron chi connectivity index (χ3n) is 2.66. The van der Waals surface area contributed by atoms with Crippen LogP contribution in [-0.2, 0) is 15.9 Å². The van der Waals surface area contributed by atoms with E-state index in [2.05, 4.69) is 26.0 Å². The van der Waals surface area contributed by atoms with Gasteiger partial charge in [0.15, 0.2) is 6.29 Å². The van der Waals surface area contributed by atoms with Crippen molar-refractivity contribution in [1.29, 1.82) is 0 Å². The number of rotatable bonds is 4. The Hall–Kier alpha value is -1.06. The number of ether oxygens (including phenoxy) is 3. The van der Waals surface area contributed by atoms with Crippen LogP contribution in [0.3, 0.4) is 0 Å². The van der Waals surface area contributed by atoms with E-state index in [9.17, 15) is 0 Å². The van der Waals surface area contributed by atoms with E-state index in [0.29, 0.717) is 19.8 Å². The molecule has 0 saturated carbocycles. The van der Waals surface area contributed by atoms with E-state index >= 15 is 0 Å². The molecule has 0 bridgehead atoms. The van der Waals surface area contributed by atoms with Gasteiger partial charge in [0.25, 0.3) is 0 Å². The summed E-state index contributed by atoms with van der Waals surface area (Å²) in [6, 6.07) is 6.24. The molecular formula is C13H18O3. The molecule has 88 valence electrons. The molecule has 1 heterocycles. The predicted molar refractivity (Wildman–Crippen MR) is 61.7 cm³/mol. The van der Waals surface area contributed by atoms with E-state index in [0.717, 1.165) is 12.2 Å². The Bertz CT molecular complexity index is 343. The molecule has 1 aromatic rings. The first-order valence-corrected chi connectivity index (χ1v) is 5.75. The van der Waals surface area contributed by atoms with Gasteiger partial charge in [0.05, 0.1) is 13.2 Å². The van der Waals surface area contributed by atoms with Gasteiger partial charge in [-0.05, 0) is 25.0 Å². The van der Waals surface area contributed by atoms with Crippen LogP contribution in [0.1, 0.15) is 18.1 Å². The van der Waals surface area contributed by atoms with E-state index in [1.165, 1.54) is 11.1 Å². The number of hydrogen-bond donors (Lipinski definition) is 0.